The van der Waals surface area contributed by atoms with Gasteiger partial charge in [-0.05, 0) is 39.0 Å². The number of ether oxygens (including phenoxy) is 1. The molecular weight excluding hydrogens is 166 g/mol. The number of rotatable bonds is 1. The van der Waals surface area contributed by atoms with Crippen molar-refractivity contribution in [3.8, 4) is 0 Å². The lowest BCUT2D eigenvalue weighted by Gasteiger charge is -2.32. The van der Waals surface area contributed by atoms with Crippen LogP contribution in [0.5, 0.6) is 0 Å². The molecule has 13 heavy (non-hydrogen) atoms. The summed E-state index contributed by atoms with van der Waals surface area (Å²) in [6.45, 7) is 2.99. The van der Waals surface area contributed by atoms with Crippen molar-refractivity contribution in [2.24, 2.45) is 0 Å². The first-order valence-electron chi connectivity index (χ1n) is 5.24. The van der Waals surface area contributed by atoms with Crippen LogP contribution in [0.15, 0.2) is 0 Å². The van der Waals surface area contributed by atoms with Crippen LogP contribution in [0.25, 0.3) is 0 Å². The van der Waals surface area contributed by atoms with Gasteiger partial charge in [0, 0.05) is 12.6 Å². The van der Waals surface area contributed by atoms with E-state index < -0.39 is 0 Å². The van der Waals surface area contributed by atoms with Crippen molar-refractivity contribution < 1.29 is 9.53 Å². The Morgan fingerprint density at radius 1 is 1.31 bits per heavy atom. The van der Waals surface area contributed by atoms with Crippen LogP contribution in [0.3, 0.4) is 0 Å². The summed E-state index contributed by atoms with van der Waals surface area (Å²) in [5.74, 6) is 0. The van der Waals surface area contributed by atoms with Crippen LogP contribution in [-0.4, -0.2) is 29.7 Å². The summed E-state index contributed by atoms with van der Waals surface area (Å²) in [6.07, 6.45) is 5.77. The summed E-state index contributed by atoms with van der Waals surface area (Å²) in [6, 6.07) is 0.375. The van der Waals surface area contributed by atoms with Gasteiger partial charge in [-0.1, -0.05) is 0 Å². The minimum Gasteiger partial charge on any atom is -0.446 e. The van der Waals surface area contributed by atoms with E-state index in [2.05, 4.69) is 6.92 Å². The summed E-state index contributed by atoms with van der Waals surface area (Å²) in [5.41, 5.74) is 0. The lowest BCUT2D eigenvalue weighted by Crippen LogP contribution is -2.42. The third-order valence-electron chi connectivity index (χ3n) is 2.83. The average molecular weight is 183 g/mol. The Labute approximate surface area is 79.0 Å². The van der Waals surface area contributed by atoms with Crippen LogP contribution in [-0.2, 0) is 4.74 Å². The van der Waals surface area contributed by atoms with Crippen molar-refractivity contribution >= 4 is 6.09 Å². The van der Waals surface area contributed by atoms with Gasteiger partial charge >= 0.3 is 6.09 Å². The van der Waals surface area contributed by atoms with E-state index in [1.54, 1.807) is 0 Å². The molecule has 3 heteroatoms. The van der Waals surface area contributed by atoms with E-state index in [0.29, 0.717) is 6.04 Å². The maximum Gasteiger partial charge on any atom is 0.410 e. The van der Waals surface area contributed by atoms with Gasteiger partial charge in [0.2, 0.25) is 0 Å². The molecule has 2 fully saturated rings. The second-order valence-corrected chi connectivity index (χ2v) is 4.12. The van der Waals surface area contributed by atoms with Crippen LogP contribution in [0.4, 0.5) is 4.79 Å². The molecule has 74 valence electrons. The van der Waals surface area contributed by atoms with Crippen LogP contribution < -0.4 is 0 Å². The molecule has 3 nitrogen and oxygen atoms in total. The van der Waals surface area contributed by atoms with Crippen molar-refractivity contribution in [3.63, 3.8) is 0 Å². The fourth-order valence-corrected chi connectivity index (χ4v) is 1.77. The normalized spacial score (nSPS) is 28.7. The van der Waals surface area contributed by atoms with Gasteiger partial charge in [-0.15, -0.1) is 0 Å². The molecule has 0 bridgehead atoms. The monoisotopic (exact) mass is 183 g/mol. The molecule has 1 atom stereocenters. The molecule has 1 amide bonds. The van der Waals surface area contributed by atoms with Crippen LogP contribution >= 0.6 is 0 Å². The lowest BCUT2D eigenvalue weighted by atomic mass is 10.0. The highest BCUT2D eigenvalue weighted by Crippen LogP contribution is 2.26. The molecule has 1 saturated carbocycles. The zero-order valence-electron chi connectivity index (χ0n) is 8.16. The topological polar surface area (TPSA) is 29.5 Å². The largest absolute Gasteiger partial charge is 0.446 e. The maximum absolute atomic E-state index is 11.6. The minimum atomic E-state index is -0.0882. The first kappa shape index (κ1) is 8.85. The molecule has 0 aromatic carbocycles. The van der Waals surface area contributed by atoms with Gasteiger partial charge in [-0.2, -0.15) is 0 Å². The first-order valence-corrected chi connectivity index (χ1v) is 5.24. The first-order chi connectivity index (χ1) is 6.27. The zero-order chi connectivity index (χ0) is 9.26. The predicted molar refractivity (Wildman–Crippen MR) is 49.5 cm³/mol. The Kier molecular flexibility index (Phi) is 2.42. The summed E-state index contributed by atoms with van der Waals surface area (Å²) >= 11 is 0. The molecule has 0 spiro atoms. The predicted octanol–water partition coefficient (Wildman–Crippen LogP) is 2.16. The smallest absolute Gasteiger partial charge is 0.410 e. The standard InChI is InChI=1S/C10H17NO2/c1-8-4-2-3-7-11(8)10(12)13-9-5-6-9/h8-9H,2-7H2,1H3. The Hall–Kier alpha value is -0.730. The second kappa shape index (κ2) is 3.56. The summed E-state index contributed by atoms with van der Waals surface area (Å²) in [5, 5.41) is 0. The van der Waals surface area contributed by atoms with E-state index in [1.165, 1.54) is 6.42 Å². The van der Waals surface area contributed by atoms with Gasteiger partial charge in [0.25, 0.3) is 0 Å². The lowest BCUT2D eigenvalue weighted by molar-refractivity contribution is 0.0720. The third-order valence-corrected chi connectivity index (χ3v) is 2.83. The van der Waals surface area contributed by atoms with Gasteiger partial charge < -0.3 is 9.64 Å². The SMILES string of the molecule is CC1CCCCN1C(=O)OC1CC1. The maximum atomic E-state index is 11.6. The van der Waals surface area contributed by atoms with E-state index in [1.807, 2.05) is 4.90 Å². The van der Waals surface area contributed by atoms with Gasteiger partial charge in [0.15, 0.2) is 0 Å². The van der Waals surface area contributed by atoms with Gasteiger partial charge in [-0.25, -0.2) is 4.79 Å². The van der Waals surface area contributed by atoms with Crippen LogP contribution in [0.1, 0.15) is 39.0 Å². The Balaban J connectivity index is 1.85. The van der Waals surface area contributed by atoms with E-state index in [4.69, 9.17) is 4.74 Å². The molecule has 0 aromatic rings. The number of carbonyl (C=O) groups excluding carboxylic acids is 1. The molecule has 1 aliphatic carbocycles. The number of hydrogen-bond donors (Lipinski definition) is 0. The minimum absolute atomic E-state index is 0.0882. The fourth-order valence-electron chi connectivity index (χ4n) is 1.77. The molecule has 2 aliphatic rings. The fraction of sp³-hybridized carbons (Fsp3) is 0.900. The molecule has 0 N–H and O–H groups in total. The number of likely N-dealkylation sites (tertiary alicyclic amines) is 1. The summed E-state index contributed by atoms with van der Waals surface area (Å²) in [7, 11) is 0. The Bertz CT molecular complexity index is 201. The zero-order valence-corrected chi connectivity index (χ0v) is 8.16. The average Bonchev–Trinajstić information content (AvgIpc) is 2.89. The molecular formula is C10H17NO2. The molecule has 2 rings (SSSR count). The highest BCUT2D eigenvalue weighted by Gasteiger charge is 2.31. The number of carbonyl (C=O) groups is 1. The van der Waals surface area contributed by atoms with E-state index >= 15 is 0 Å². The highest BCUT2D eigenvalue weighted by atomic mass is 16.6. The molecule has 1 heterocycles. The molecule has 0 aromatic heterocycles. The van der Waals surface area contributed by atoms with Crippen molar-refractivity contribution in [1.82, 2.24) is 4.90 Å². The van der Waals surface area contributed by atoms with Gasteiger partial charge in [0.05, 0.1) is 0 Å². The van der Waals surface area contributed by atoms with Crippen LogP contribution in [0, 0.1) is 0 Å². The Morgan fingerprint density at radius 3 is 2.69 bits per heavy atom. The Morgan fingerprint density at radius 2 is 2.08 bits per heavy atom. The van der Waals surface area contributed by atoms with Gasteiger partial charge in [0.1, 0.15) is 6.10 Å². The number of piperidine rings is 1. The quantitative estimate of drug-likeness (QED) is 0.623. The van der Waals surface area contributed by atoms with Gasteiger partial charge in [-0.3, -0.25) is 0 Å². The van der Waals surface area contributed by atoms with Crippen molar-refractivity contribution in [2.75, 3.05) is 6.54 Å². The van der Waals surface area contributed by atoms with Crippen molar-refractivity contribution in [2.45, 2.75) is 51.2 Å². The number of amides is 1. The van der Waals surface area contributed by atoms with E-state index in [-0.39, 0.29) is 12.2 Å². The summed E-state index contributed by atoms with van der Waals surface area (Å²) < 4.78 is 5.26. The van der Waals surface area contributed by atoms with Crippen molar-refractivity contribution in [1.29, 1.82) is 0 Å². The van der Waals surface area contributed by atoms with E-state index in [9.17, 15) is 4.79 Å². The second-order valence-electron chi connectivity index (χ2n) is 4.12. The van der Waals surface area contributed by atoms with Crippen LogP contribution in [0.2, 0.25) is 0 Å². The molecule has 0 radical (unpaired) electrons. The highest BCUT2D eigenvalue weighted by molar-refractivity contribution is 5.68. The number of nitrogens with zero attached hydrogens (tertiary/aromatic N) is 1. The molecule has 1 saturated heterocycles. The number of hydrogen-bond acceptors (Lipinski definition) is 2. The third kappa shape index (κ3) is 2.14. The summed E-state index contributed by atoms with van der Waals surface area (Å²) in [4.78, 5) is 13.4. The van der Waals surface area contributed by atoms with E-state index in [0.717, 1.165) is 32.2 Å². The molecule has 1 aliphatic heterocycles. The molecule has 1 unspecified atom stereocenters. The van der Waals surface area contributed by atoms with Crippen molar-refractivity contribution in [3.05, 3.63) is 0 Å².